The molecule has 0 unspecified atom stereocenters. The third kappa shape index (κ3) is 2.13. The van der Waals surface area contributed by atoms with Gasteiger partial charge in [-0.05, 0) is 63.0 Å². The minimum absolute atomic E-state index is 0.0386. The van der Waals surface area contributed by atoms with Crippen LogP contribution in [-0.2, 0) is 6.42 Å². The van der Waals surface area contributed by atoms with Crippen LogP contribution in [0.15, 0.2) is 6.07 Å². The molecule has 1 nitrogen and oxygen atoms in total. The van der Waals surface area contributed by atoms with Crippen molar-refractivity contribution >= 4 is 0 Å². The van der Waals surface area contributed by atoms with E-state index in [1.165, 1.54) is 5.56 Å². The summed E-state index contributed by atoms with van der Waals surface area (Å²) in [6, 6.07) is 1.91. The Labute approximate surface area is 85.3 Å². The summed E-state index contributed by atoms with van der Waals surface area (Å²) in [5.74, 6) is -0.0386. The number of rotatable bonds is 3. The molecular formula is C12H18FN. The Kier molecular flexibility index (Phi) is 3.64. The molecule has 1 N–H and O–H groups in total. The summed E-state index contributed by atoms with van der Waals surface area (Å²) < 4.78 is 13.7. The van der Waals surface area contributed by atoms with E-state index >= 15 is 0 Å². The Hall–Kier alpha value is -0.890. The topological polar surface area (TPSA) is 12.0 Å². The number of nitrogens with one attached hydrogen (secondary N) is 1. The van der Waals surface area contributed by atoms with Gasteiger partial charge in [0.2, 0.25) is 0 Å². The number of likely N-dealkylation sites (N-methyl/N-ethyl adjacent to an activating group) is 1. The third-order valence-corrected chi connectivity index (χ3v) is 2.71. The second-order valence-corrected chi connectivity index (χ2v) is 3.78. The van der Waals surface area contributed by atoms with Crippen molar-refractivity contribution in [2.24, 2.45) is 0 Å². The largest absolute Gasteiger partial charge is 0.319 e. The van der Waals surface area contributed by atoms with Crippen LogP contribution in [0.1, 0.15) is 22.3 Å². The van der Waals surface area contributed by atoms with E-state index in [0.717, 1.165) is 29.7 Å². The van der Waals surface area contributed by atoms with Crippen LogP contribution in [0.5, 0.6) is 0 Å². The van der Waals surface area contributed by atoms with E-state index in [4.69, 9.17) is 0 Å². The van der Waals surface area contributed by atoms with Gasteiger partial charge in [-0.2, -0.15) is 0 Å². The Morgan fingerprint density at radius 2 is 1.86 bits per heavy atom. The number of hydrogen-bond acceptors (Lipinski definition) is 1. The summed E-state index contributed by atoms with van der Waals surface area (Å²) in [5.41, 5.74) is 3.87. The number of aryl methyl sites for hydroxylation is 2. The average molecular weight is 195 g/mol. The molecule has 1 aromatic rings. The lowest BCUT2D eigenvalue weighted by Gasteiger charge is -2.12. The third-order valence-electron chi connectivity index (χ3n) is 2.71. The smallest absolute Gasteiger partial charge is 0.129 e. The lowest BCUT2D eigenvalue weighted by atomic mass is 9.97. The summed E-state index contributed by atoms with van der Waals surface area (Å²) in [6.07, 6.45) is 0.761. The van der Waals surface area contributed by atoms with Crippen molar-refractivity contribution in [3.8, 4) is 0 Å². The van der Waals surface area contributed by atoms with Crippen LogP contribution in [-0.4, -0.2) is 13.6 Å². The van der Waals surface area contributed by atoms with Crippen molar-refractivity contribution in [3.63, 3.8) is 0 Å². The highest BCUT2D eigenvalue weighted by Gasteiger charge is 2.10. The van der Waals surface area contributed by atoms with Crippen molar-refractivity contribution in [2.45, 2.75) is 27.2 Å². The van der Waals surface area contributed by atoms with Gasteiger partial charge >= 0.3 is 0 Å². The lowest BCUT2D eigenvalue weighted by molar-refractivity contribution is 0.593. The van der Waals surface area contributed by atoms with Gasteiger partial charge in [-0.25, -0.2) is 4.39 Å². The van der Waals surface area contributed by atoms with Gasteiger partial charge in [0.15, 0.2) is 0 Å². The number of halogens is 1. The molecule has 0 aromatic heterocycles. The molecule has 0 aliphatic heterocycles. The van der Waals surface area contributed by atoms with Crippen molar-refractivity contribution in [1.82, 2.24) is 5.32 Å². The molecule has 1 rings (SSSR count). The molecule has 0 aliphatic carbocycles. The van der Waals surface area contributed by atoms with E-state index in [-0.39, 0.29) is 5.82 Å². The molecule has 0 saturated carbocycles. The zero-order valence-electron chi connectivity index (χ0n) is 9.37. The maximum atomic E-state index is 13.7. The molecular weight excluding hydrogens is 177 g/mol. The van der Waals surface area contributed by atoms with Crippen LogP contribution in [0.25, 0.3) is 0 Å². The summed E-state index contributed by atoms with van der Waals surface area (Å²) in [5, 5.41) is 3.04. The molecule has 2 heteroatoms. The lowest BCUT2D eigenvalue weighted by Crippen LogP contribution is -2.13. The van der Waals surface area contributed by atoms with E-state index < -0.39 is 0 Å². The van der Waals surface area contributed by atoms with E-state index in [1.54, 1.807) is 0 Å². The van der Waals surface area contributed by atoms with Crippen molar-refractivity contribution < 1.29 is 4.39 Å². The van der Waals surface area contributed by atoms with Gasteiger partial charge in [-0.15, -0.1) is 0 Å². The highest BCUT2D eigenvalue weighted by atomic mass is 19.1. The normalized spacial score (nSPS) is 10.6. The van der Waals surface area contributed by atoms with Crippen LogP contribution >= 0.6 is 0 Å². The molecule has 78 valence electrons. The maximum absolute atomic E-state index is 13.7. The summed E-state index contributed by atoms with van der Waals surface area (Å²) in [6.45, 7) is 6.67. The van der Waals surface area contributed by atoms with Gasteiger partial charge in [0, 0.05) is 0 Å². The molecule has 1 aromatic carbocycles. The maximum Gasteiger partial charge on any atom is 0.129 e. The molecule has 0 radical (unpaired) electrons. The van der Waals surface area contributed by atoms with Crippen molar-refractivity contribution in [3.05, 3.63) is 34.1 Å². The van der Waals surface area contributed by atoms with E-state index in [1.807, 2.05) is 33.9 Å². The average Bonchev–Trinajstić information content (AvgIpc) is 2.15. The van der Waals surface area contributed by atoms with Gasteiger partial charge in [0.1, 0.15) is 5.82 Å². The molecule has 0 spiro atoms. The fourth-order valence-electron chi connectivity index (χ4n) is 1.68. The number of benzene rings is 1. The van der Waals surface area contributed by atoms with E-state index in [2.05, 4.69) is 5.32 Å². The van der Waals surface area contributed by atoms with E-state index in [0.29, 0.717) is 0 Å². The quantitative estimate of drug-likeness (QED) is 0.781. The number of hydrogen-bond donors (Lipinski definition) is 1. The predicted molar refractivity (Wildman–Crippen MR) is 58.2 cm³/mol. The zero-order valence-corrected chi connectivity index (χ0v) is 9.37. The zero-order chi connectivity index (χ0) is 10.7. The van der Waals surface area contributed by atoms with Crippen LogP contribution in [0.3, 0.4) is 0 Å². The van der Waals surface area contributed by atoms with Gasteiger partial charge in [-0.3, -0.25) is 0 Å². The fourth-order valence-corrected chi connectivity index (χ4v) is 1.68. The van der Waals surface area contributed by atoms with Crippen LogP contribution in [0.2, 0.25) is 0 Å². The standard InChI is InChI=1S/C12H18FN/c1-8-7-9(2)12(13)11(10(8)3)5-6-14-4/h7,14H,5-6H2,1-4H3. The first-order valence-electron chi connectivity index (χ1n) is 4.97. The first-order valence-corrected chi connectivity index (χ1v) is 4.97. The first kappa shape index (κ1) is 11.2. The molecule has 0 atom stereocenters. The Morgan fingerprint density at radius 3 is 2.43 bits per heavy atom. The molecule has 0 heterocycles. The van der Waals surface area contributed by atoms with Crippen molar-refractivity contribution in [2.75, 3.05) is 13.6 Å². The second kappa shape index (κ2) is 4.56. The summed E-state index contributed by atoms with van der Waals surface area (Å²) in [4.78, 5) is 0. The Balaban J connectivity index is 3.11. The molecule has 0 aliphatic rings. The summed E-state index contributed by atoms with van der Waals surface area (Å²) in [7, 11) is 1.88. The Bertz CT molecular complexity index is 305. The molecule has 0 bridgehead atoms. The molecule has 14 heavy (non-hydrogen) atoms. The molecule has 0 fully saturated rings. The Morgan fingerprint density at radius 1 is 1.21 bits per heavy atom. The minimum atomic E-state index is -0.0386. The molecule has 0 amide bonds. The van der Waals surface area contributed by atoms with Crippen LogP contribution in [0.4, 0.5) is 4.39 Å². The van der Waals surface area contributed by atoms with Gasteiger partial charge in [0.25, 0.3) is 0 Å². The first-order chi connectivity index (χ1) is 6.57. The monoisotopic (exact) mass is 195 g/mol. The van der Waals surface area contributed by atoms with Gasteiger partial charge in [0.05, 0.1) is 0 Å². The van der Waals surface area contributed by atoms with Crippen molar-refractivity contribution in [1.29, 1.82) is 0 Å². The van der Waals surface area contributed by atoms with Crippen LogP contribution < -0.4 is 5.32 Å². The SMILES string of the molecule is CNCCc1c(C)c(C)cc(C)c1F. The minimum Gasteiger partial charge on any atom is -0.319 e. The molecule has 0 saturated heterocycles. The van der Waals surface area contributed by atoms with Crippen LogP contribution in [0, 0.1) is 26.6 Å². The highest BCUT2D eigenvalue weighted by Crippen LogP contribution is 2.20. The fraction of sp³-hybridized carbons (Fsp3) is 0.500. The van der Waals surface area contributed by atoms with Gasteiger partial charge in [-0.1, -0.05) is 6.07 Å². The second-order valence-electron chi connectivity index (χ2n) is 3.78. The van der Waals surface area contributed by atoms with Gasteiger partial charge < -0.3 is 5.32 Å². The van der Waals surface area contributed by atoms with E-state index in [9.17, 15) is 4.39 Å². The highest BCUT2D eigenvalue weighted by molar-refractivity contribution is 5.38. The predicted octanol–water partition coefficient (Wildman–Crippen LogP) is 2.51. The summed E-state index contributed by atoms with van der Waals surface area (Å²) >= 11 is 0.